The Kier molecular flexibility index (Phi) is 6.46. The maximum Gasteiger partial charge on any atom is 0.344 e. The predicted molar refractivity (Wildman–Crippen MR) is 123 cm³/mol. The van der Waals surface area contributed by atoms with Gasteiger partial charge in [-0.3, -0.25) is 4.79 Å². The lowest BCUT2D eigenvalue weighted by Crippen LogP contribution is -2.19. The molecule has 3 aromatic carbocycles. The van der Waals surface area contributed by atoms with Crippen molar-refractivity contribution in [3.05, 3.63) is 87.0 Å². The molecule has 0 unspecified atom stereocenters. The van der Waals surface area contributed by atoms with Crippen molar-refractivity contribution in [3.8, 4) is 17.2 Å². The second-order valence-electron chi connectivity index (χ2n) is 6.50. The zero-order valence-electron chi connectivity index (χ0n) is 16.2. The van der Waals surface area contributed by atoms with E-state index >= 15 is 0 Å². The number of amides is 1. The summed E-state index contributed by atoms with van der Waals surface area (Å²) in [6, 6.07) is 19.0. The topological polar surface area (TPSA) is 86.2 Å². The lowest BCUT2D eigenvalue weighted by molar-refractivity contribution is 0.0733. The molecule has 8 heteroatoms. The Bertz CT molecular complexity index is 1140. The zero-order chi connectivity index (χ0) is 21.6. The molecule has 1 amide bonds. The SMILES string of the molecule is O=C(N/N=C/c1ccc(OC(=O)c2ccccc2I)cc1)c1ccc2c(c1)OCCO2. The molecule has 1 aliphatic rings. The molecule has 1 N–H and O–H groups in total. The van der Waals surface area contributed by atoms with Crippen LogP contribution in [0.15, 0.2) is 71.8 Å². The summed E-state index contributed by atoms with van der Waals surface area (Å²) in [5.74, 6) is 0.795. The van der Waals surface area contributed by atoms with Crippen LogP contribution in [-0.4, -0.2) is 31.3 Å². The number of nitrogens with zero attached hydrogens (tertiary/aromatic N) is 1. The zero-order valence-corrected chi connectivity index (χ0v) is 18.4. The van der Waals surface area contributed by atoms with Gasteiger partial charge in [-0.25, -0.2) is 10.2 Å². The molecule has 7 nitrogen and oxygen atoms in total. The van der Waals surface area contributed by atoms with E-state index in [-0.39, 0.29) is 5.91 Å². The number of benzene rings is 3. The van der Waals surface area contributed by atoms with Gasteiger partial charge in [0.05, 0.1) is 11.8 Å². The minimum atomic E-state index is -0.418. The highest BCUT2D eigenvalue weighted by molar-refractivity contribution is 14.1. The van der Waals surface area contributed by atoms with Gasteiger partial charge in [0.25, 0.3) is 5.91 Å². The summed E-state index contributed by atoms with van der Waals surface area (Å²) < 4.78 is 17.1. The normalized spacial score (nSPS) is 12.4. The first-order valence-corrected chi connectivity index (χ1v) is 10.5. The Labute approximate surface area is 192 Å². The first kappa shape index (κ1) is 20.9. The van der Waals surface area contributed by atoms with E-state index in [0.717, 1.165) is 9.13 Å². The van der Waals surface area contributed by atoms with E-state index in [1.807, 2.05) is 12.1 Å². The monoisotopic (exact) mass is 528 g/mol. The summed E-state index contributed by atoms with van der Waals surface area (Å²) in [5, 5.41) is 3.97. The Balaban J connectivity index is 1.34. The van der Waals surface area contributed by atoms with E-state index in [0.29, 0.717) is 41.6 Å². The van der Waals surface area contributed by atoms with Crippen LogP contribution in [0.5, 0.6) is 17.2 Å². The van der Waals surface area contributed by atoms with Crippen molar-refractivity contribution in [2.75, 3.05) is 13.2 Å². The fourth-order valence-corrected chi connectivity index (χ4v) is 3.43. The van der Waals surface area contributed by atoms with Crippen molar-refractivity contribution in [3.63, 3.8) is 0 Å². The standard InChI is InChI=1S/C23H17IN2O5/c24-19-4-2-1-3-18(19)23(28)31-17-8-5-15(6-9-17)14-25-26-22(27)16-7-10-20-21(13-16)30-12-11-29-20/h1-10,13-14H,11-12H2,(H,26,27)/b25-14+. The van der Waals surface area contributed by atoms with Crippen LogP contribution in [0.4, 0.5) is 0 Å². The largest absolute Gasteiger partial charge is 0.486 e. The van der Waals surface area contributed by atoms with Crippen molar-refractivity contribution in [2.24, 2.45) is 5.10 Å². The summed E-state index contributed by atoms with van der Waals surface area (Å²) >= 11 is 2.09. The molecule has 0 atom stereocenters. The molecular weight excluding hydrogens is 511 g/mol. The summed E-state index contributed by atoms with van der Waals surface area (Å²) in [7, 11) is 0. The highest BCUT2D eigenvalue weighted by atomic mass is 127. The second-order valence-corrected chi connectivity index (χ2v) is 7.66. The van der Waals surface area contributed by atoms with Gasteiger partial charge in [0.1, 0.15) is 19.0 Å². The van der Waals surface area contributed by atoms with Crippen LogP contribution < -0.4 is 19.6 Å². The Hall–Kier alpha value is -3.40. The fourth-order valence-electron chi connectivity index (χ4n) is 2.83. The third-order valence-electron chi connectivity index (χ3n) is 4.37. The van der Waals surface area contributed by atoms with Crippen LogP contribution in [0.1, 0.15) is 26.3 Å². The molecule has 0 bridgehead atoms. The van der Waals surface area contributed by atoms with Crippen molar-refractivity contribution in [1.29, 1.82) is 0 Å². The summed E-state index contributed by atoms with van der Waals surface area (Å²) in [4.78, 5) is 24.6. The Morgan fingerprint density at radius 2 is 1.71 bits per heavy atom. The van der Waals surface area contributed by atoms with Gasteiger partial charge in [0.2, 0.25) is 0 Å². The van der Waals surface area contributed by atoms with Gasteiger partial charge in [0.15, 0.2) is 11.5 Å². The van der Waals surface area contributed by atoms with Gasteiger partial charge in [-0.05, 0) is 82.8 Å². The molecular formula is C23H17IN2O5. The van der Waals surface area contributed by atoms with Crippen LogP contribution >= 0.6 is 22.6 Å². The van der Waals surface area contributed by atoms with Gasteiger partial charge in [-0.15, -0.1) is 0 Å². The molecule has 0 aromatic heterocycles. The quantitative estimate of drug-likeness (QED) is 0.178. The number of hydrogen-bond donors (Lipinski definition) is 1. The van der Waals surface area contributed by atoms with Gasteiger partial charge in [-0.1, -0.05) is 12.1 Å². The highest BCUT2D eigenvalue weighted by Gasteiger charge is 2.15. The van der Waals surface area contributed by atoms with E-state index in [1.54, 1.807) is 54.6 Å². The molecule has 0 radical (unpaired) electrons. The number of esters is 1. The Morgan fingerprint density at radius 1 is 0.968 bits per heavy atom. The first-order valence-electron chi connectivity index (χ1n) is 9.40. The number of carbonyl (C=O) groups excluding carboxylic acids is 2. The average Bonchev–Trinajstić information content (AvgIpc) is 2.80. The smallest absolute Gasteiger partial charge is 0.344 e. The van der Waals surface area contributed by atoms with Crippen molar-refractivity contribution >= 4 is 40.7 Å². The van der Waals surface area contributed by atoms with Crippen molar-refractivity contribution < 1.29 is 23.8 Å². The van der Waals surface area contributed by atoms with Crippen LogP contribution in [0, 0.1) is 3.57 Å². The maximum absolute atomic E-state index is 12.3. The van der Waals surface area contributed by atoms with Crippen LogP contribution in [0.25, 0.3) is 0 Å². The molecule has 0 fully saturated rings. The van der Waals surface area contributed by atoms with Crippen molar-refractivity contribution in [1.82, 2.24) is 5.43 Å². The number of rotatable bonds is 5. The number of halogens is 1. The summed E-state index contributed by atoms with van der Waals surface area (Å²) in [5.41, 5.74) is 4.14. The van der Waals surface area contributed by atoms with Gasteiger partial charge >= 0.3 is 5.97 Å². The minimum absolute atomic E-state index is 0.365. The van der Waals surface area contributed by atoms with Crippen LogP contribution in [0.3, 0.4) is 0 Å². The number of hydrazone groups is 1. The van der Waals surface area contributed by atoms with E-state index in [2.05, 4.69) is 33.1 Å². The van der Waals surface area contributed by atoms with E-state index in [9.17, 15) is 9.59 Å². The highest BCUT2D eigenvalue weighted by Crippen LogP contribution is 2.30. The van der Waals surface area contributed by atoms with Gasteiger partial charge in [-0.2, -0.15) is 5.10 Å². The summed E-state index contributed by atoms with van der Waals surface area (Å²) in [6.45, 7) is 0.943. The molecule has 0 spiro atoms. The maximum atomic E-state index is 12.3. The minimum Gasteiger partial charge on any atom is -0.486 e. The van der Waals surface area contributed by atoms with E-state index in [4.69, 9.17) is 14.2 Å². The van der Waals surface area contributed by atoms with Crippen LogP contribution in [0.2, 0.25) is 0 Å². The molecule has 0 saturated heterocycles. The van der Waals surface area contributed by atoms with E-state index < -0.39 is 5.97 Å². The number of nitrogens with one attached hydrogen (secondary N) is 1. The second kappa shape index (κ2) is 9.61. The lowest BCUT2D eigenvalue weighted by atomic mass is 10.2. The molecule has 1 heterocycles. The van der Waals surface area contributed by atoms with E-state index in [1.165, 1.54) is 6.21 Å². The molecule has 3 aromatic rings. The average molecular weight is 528 g/mol. The first-order chi connectivity index (χ1) is 15.1. The number of ether oxygens (including phenoxy) is 3. The fraction of sp³-hybridized carbons (Fsp3) is 0.0870. The van der Waals surface area contributed by atoms with Crippen molar-refractivity contribution in [2.45, 2.75) is 0 Å². The third-order valence-corrected chi connectivity index (χ3v) is 5.31. The van der Waals surface area contributed by atoms with Gasteiger partial charge < -0.3 is 14.2 Å². The van der Waals surface area contributed by atoms with Crippen LogP contribution in [-0.2, 0) is 0 Å². The molecule has 4 rings (SSSR count). The molecule has 0 aliphatic carbocycles. The molecule has 31 heavy (non-hydrogen) atoms. The molecule has 1 aliphatic heterocycles. The van der Waals surface area contributed by atoms with Gasteiger partial charge in [0, 0.05) is 9.13 Å². The lowest BCUT2D eigenvalue weighted by Gasteiger charge is -2.18. The number of hydrogen-bond acceptors (Lipinski definition) is 6. The predicted octanol–water partition coefficient (Wildman–Crippen LogP) is 4.05. The molecule has 0 saturated carbocycles. The third kappa shape index (κ3) is 5.21. The number of carbonyl (C=O) groups is 2. The Morgan fingerprint density at radius 3 is 2.48 bits per heavy atom. The summed E-state index contributed by atoms with van der Waals surface area (Å²) in [6.07, 6.45) is 1.50. The number of fused-ring (bicyclic) bond motifs is 1. The molecule has 156 valence electrons.